The molecule has 0 radical (unpaired) electrons. The monoisotopic (exact) mass is 229 g/mol. The molecule has 0 atom stereocenters. The van der Waals surface area contributed by atoms with Crippen LogP contribution in [0.15, 0.2) is 30.3 Å². The van der Waals surface area contributed by atoms with Crippen molar-refractivity contribution in [3.05, 3.63) is 36.2 Å². The number of hydrogen-bond donors (Lipinski definition) is 1. The third-order valence-electron chi connectivity index (χ3n) is 2.40. The molecule has 2 aromatic rings. The smallest absolute Gasteiger partial charge is 0.234 e. The molecule has 5 nitrogen and oxygen atoms in total. The normalized spacial score (nSPS) is 10.1. The van der Waals surface area contributed by atoms with Gasteiger partial charge in [0.25, 0.3) is 0 Å². The van der Waals surface area contributed by atoms with Crippen LogP contribution in [0.2, 0.25) is 0 Å². The van der Waals surface area contributed by atoms with Crippen LogP contribution in [0.3, 0.4) is 0 Å². The molecule has 0 unspecified atom stereocenters. The van der Waals surface area contributed by atoms with Gasteiger partial charge in [0.15, 0.2) is 0 Å². The Bertz CT molecular complexity index is 498. The molecule has 0 amide bonds. The van der Waals surface area contributed by atoms with Gasteiger partial charge in [0.2, 0.25) is 11.9 Å². The maximum Gasteiger partial charge on any atom is 0.234 e. The zero-order chi connectivity index (χ0) is 12.3. The first-order chi connectivity index (χ1) is 8.20. The van der Waals surface area contributed by atoms with Gasteiger partial charge >= 0.3 is 0 Å². The third kappa shape index (κ3) is 2.50. The lowest BCUT2D eigenvalue weighted by atomic mass is 10.3. The summed E-state index contributed by atoms with van der Waals surface area (Å²) in [5.74, 6) is 1.91. The fraction of sp³-hybridized carbons (Fsp3) is 0.250. The number of nitrogens with zero attached hydrogens (tertiary/aromatic N) is 4. The van der Waals surface area contributed by atoms with Gasteiger partial charge in [0, 0.05) is 19.8 Å². The van der Waals surface area contributed by atoms with Crippen molar-refractivity contribution in [2.45, 2.75) is 6.92 Å². The molecule has 0 aliphatic heterocycles. The SMILES string of the molecule is CNc1nc(C)nc(N(C)c2ccccc2)n1. The van der Waals surface area contributed by atoms with E-state index in [1.54, 1.807) is 7.05 Å². The average Bonchev–Trinajstić information content (AvgIpc) is 2.38. The average molecular weight is 229 g/mol. The summed E-state index contributed by atoms with van der Waals surface area (Å²) in [4.78, 5) is 14.7. The van der Waals surface area contributed by atoms with Crippen LogP contribution in [0.1, 0.15) is 5.82 Å². The Morgan fingerprint density at radius 1 is 1.06 bits per heavy atom. The van der Waals surface area contributed by atoms with E-state index in [9.17, 15) is 0 Å². The number of benzene rings is 1. The highest BCUT2D eigenvalue weighted by atomic mass is 15.3. The zero-order valence-electron chi connectivity index (χ0n) is 10.2. The fourth-order valence-corrected chi connectivity index (χ4v) is 1.50. The first kappa shape index (κ1) is 11.3. The van der Waals surface area contributed by atoms with E-state index in [2.05, 4.69) is 20.3 Å². The molecule has 1 N–H and O–H groups in total. The van der Waals surface area contributed by atoms with Crippen molar-refractivity contribution in [1.29, 1.82) is 0 Å². The molecule has 1 aromatic heterocycles. The Morgan fingerprint density at radius 3 is 2.41 bits per heavy atom. The highest BCUT2D eigenvalue weighted by Crippen LogP contribution is 2.19. The standard InChI is InChI=1S/C12H15N5/c1-9-14-11(13-2)16-12(15-9)17(3)10-7-5-4-6-8-10/h4-8H,1-3H3,(H,13,14,15,16). The van der Waals surface area contributed by atoms with E-state index in [0.29, 0.717) is 17.7 Å². The van der Waals surface area contributed by atoms with Crippen molar-refractivity contribution >= 4 is 17.6 Å². The Hall–Kier alpha value is -2.17. The van der Waals surface area contributed by atoms with Crippen molar-refractivity contribution in [3.63, 3.8) is 0 Å². The van der Waals surface area contributed by atoms with Gasteiger partial charge in [-0.3, -0.25) is 0 Å². The minimum Gasteiger partial charge on any atom is -0.357 e. The van der Waals surface area contributed by atoms with Crippen LogP contribution in [0.4, 0.5) is 17.6 Å². The lowest BCUT2D eigenvalue weighted by molar-refractivity contribution is 0.940. The molecule has 0 aliphatic carbocycles. The molecule has 88 valence electrons. The number of hydrogen-bond acceptors (Lipinski definition) is 5. The Kier molecular flexibility index (Phi) is 3.18. The highest BCUT2D eigenvalue weighted by Gasteiger charge is 2.09. The summed E-state index contributed by atoms with van der Waals surface area (Å²) in [7, 11) is 3.73. The van der Waals surface area contributed by atoms with Gasteiger partial charge < -0.3 is 10.2 Å². The maximum atomic E-state index is 4.32. The number of para-hydroxylation sites is 1. The van der Waals surface area contributed by atoms with Gasteiger partial charge in [0.1, 0.15) is 5.82 Å². The number of anilines is 3. The molecule has 0 bridgehead atoms. The van der Waals surface area contributed by atoms with Crippen molar-refractivity contribution in [1.82, 2.24) is 15.0 Å². The van der Waals surface area contributed by atoms with Crippen LogP contribution in [-0.2, 0) is 0 Å². The van der Waals surface area contributed by atoms with E-state index in [-0.39, 0.29) is 0 Å². The second-order valence-corrected chi connectivity index (χ2v) is 3.65. The maximum absolute atomic E-state index is 4.32. The van der Waals surface area contributed by atoms with Crippen LogP contribution < -0.4 is 10.2 Å². The summed E-state index contributed by atoms with van der Waals surface area (Å²) in [6.45, 7) is 1.85. The number of aromatic nitrogens is 3. The Balaban J connectivity index is 2.37. The van der Waals surface area contributed by atoms with E-state index in [4.69, 9.17) is 0 Å². The molecule has 0 aliphatic rings. The summed E-state index contributed by atoms with van der Waals surface area (Å²) in [5.41, 5.74) is 1.04. The third-order valence-corrected chi connectivity index (χ3v) is 2.40. The van der Waals surface area contributed by atoms with Crippen LogP contribution in [0.5, 0.6) is 0 Å². The minimum atomic E-state index is 0.579. The predicted octanol–water partition coefficient (Wildman–Crippen LogP) is 1.99. The number of rotatable bonds is 3. The van der Waals surface area contributed by atoms with Crippen LogP contribution in [0.25, 0.3) is 0 Å². The first-order valence-corrected chi connectivity index (χ1v) is 5.40. The largest absolute Gasteiger partial charge is 0.357 e. The zero-order valence-corrected chi connectivity index (χ0v) is 10.2. The summed E-state index contributed by atoms with van der Waals surface area (Å²) in [6.07, 6.45) is 0. The fourth-order valence-electron chi connectivity index (χ4n) is 1.50. The molecule has 0 saturated heterocycles. The lowest BCUT2D eigenvalue weighted by Gasteiger charge is -2.17. The molecule has 1 heterocycles. The van der Waals surface area contributed by atoms with Crippen molar-refractivity contribution in [2.24, 2.45) is 0 Å². The molecule has 0 saturated carbocycles. The molecule has 1 aromatic carbocycles. The van der Waals surface area contributed by atoms with Crippen molar-refractivity contribution in [3.8, 4) is 0 Å². The Labute approximate surface area is 101 Å². The van der Waals surface area contributed by atoms with Gasteiger partial charge in [-0.25, -0.2) is 0 Å². The van der Waals surface area contributed by atoms with Crippen molar-refractivity contribution < 1.29 is 0 Å². The molecule has 17 heavy (non-hydrogen) atoms. The second-order valence-electron chi connectivity index (χ2n) is 3.65. The minimum absolute atomic E-state index is 0.579. The highest BCUT2D eigenvalue weighted by molar-refractivity contribution is 5.56. The van der Waals surface area contributed by atoms with Gasteiger partial charge in [-0.15, -0.1) is 0 Å². The van der Waals surface area contributed by atoms with E-state index < -0.39 is 0 Å². The summed E-state index contributed by atoms with van der Waals surface area (Å²) >= 11 is 0. The van der Waals surface area contributed by atoms with Gasteiger partial charge in [0.05, 0.1) is 0 Å². The van der Waals surface area contributed by atoms with E-state index in [0.717, 1.165) is 5.69 Å². The second kappa shape index (κ2) is 4.78. The molecular formula is C12H15N5. The summed E-state index contributed by atoms with van der Waals surface area (Å²) in [6, 6.07) is 9.98. The van der Waals surface area contributed by atoms with Gasteiger partial charge in [-0.05, 0) is 19.1 Å². The van der Waals surface area contributed by atoms with Crippen LogP contribution in [-0.4, -0.2) is 29.0 Å². The summed E-state index contributed by atoms with van der Waals surface area (Å²) in [5, 5.41) is 2.93. The van der Waals surface area contributed by atoms with Crippen molar-refractivity contribution in [2.75, 3.05) is 24.3 Å². The van der Waals surface area contributed by atoms with Gasteiger partial charge in [-0.2, -0.15) is 15.0 Å². The Morgan fingerprint density at radius 2 is 1.76 bits per heavy atom. The van der Waals surface area contributed by atoms with E-state index in [1.807, 2.05) is 49.2 Å². The van der Waals surface area contributed by atoms with E-state index in [1.165, 1.54) is 0 Å². The predicted molar refractivity (Wildman–Crippen MR) is 68.6 cm³/mol. The lowest BCUT2D eigenvalue weighted by Crippen LogP contribution is -2.15. The van der Waals surface area contributed by atoms with E-state index >= 15 is 0 Å². The molecule has 0 fully saturated rings. The molecule has 5 heteroatoms. The van der Waals surface area contributed by atoms with Gasteiger partial charge in [-0.1, -0.05) is 18.2 Å². The number of nitrogens with one attached hydrogen (secondary N) is 1. The molecular weight excluding hydrogens is 214 g/mol. The topological polar surface area (TPSA) is 53.9 Å². The quantitative estimate of drug-likeness (QED) is 0.872. The summed E-state index contributed by atoms with van der Waals surface area (Å²) < 4.78 is 0. The number of aryl methyl sites for hydroxylation is 1. The molecule has 0 spiro atoms. The first-order valence-electron chi connectivity index (χ1n) is 5.40. The van der Waals surface area contributed by atoms with Crippen LogP contribution >= 0.6 is 0 Å². The van der Waals surface area contributed by atoms with Crippen LogP contribution in [0, 0.1) is 6.92 Å². The molecule has 2 rings (SSSR count).